The molecule has 0 radical (unpaired) electrons. The Labute approximate surface area is 135 Å². The topological polar surface area (TPSA) is 71.8 Å². The first kappa shape index (κ1) is 15.7. The maximum Gasteiger partial charge on any atom is 0.356 e. The lowest BCUT2D eigenvalue weighted by atomic mass is 10.0. The molecule has 3 rings (SSSR count). The molecule has 0 aromatic carbocycles. The smallest absolute Gasteiger partial charge is 0.356 e. The minimum atomic E-state index is -0.416. The number of nitrogens with zero attached hydrogens (tertiary/aromatic N) is 4. The van der Waals surface area contributed by atoms with Gasteiger partial charge in [-0.1, -0.05) is 13.3 Å². The molecule has 2 aromatic heterocycles. The predicted molar refractivity (Wildman–Crippen MR) is 87.7 cm³/mol. The number of ether oxygens (including phenoxy) is 1. The predicted octanol–water partition coefficient (Wildman–Crippen LogP) is 1.80. The van der Waals surface area contributed by atoms with Gasteiger partial charge >= 0.3 is 5.97 Å². The summed E-state index contributed by atoms with van der Waals surface area (Å²) in [6.07, 6.45) is 7.08. The normalized spacial score (nSPS) is 19.0. The van der Waals surface area contributed by atoms with E-state index >= 15 is 0 Å². The number of carbonyl (C=O) groups excluding carboxylic acids is 1. The number of aromatic nitrogens is 3. The van der Waals surface area contributed by atoms with E-state index in [-0.39, 0.29) is 0 Å². The van der Waals surface area contributed by atoms with Gasteiger partial charge in [-0.05, 0) is 32.0 Å². The number of hydrogen-bond donors (Lipinski definition) is 1. The SMILES string of the molecule is CCN1CCCCC1CNc1ccn2c(C(=O)OC)cnc2n1. The van der Waals surface area contributed by atoms with Gasteiger partial charge in [-0.25, -0.2) is 9.78 Å². The molecular formula is C16H23N5O2. The van der Waals surface area contributed by atoms with E-state index in [0.717, 1.165) is 18.9 Å². The summed E-state index contributed by atoms with van der Waals surface area (Å²) < 4.78 is 6.37. The fourth-order valence-electron chi connectivity index (χ4n) is 3.15. The van der Waals surface area contributed by atoms with E-state index in [0.29, 0.717) is 17.5 Å². The molecule has 1 aliphatic heterocycles. The van der Waals surface area contributed by atoms with Crippen molar-refractivity contribution in [2.45, 2.75) is 32.2 Å². The van der Waals surface area contributed by atoms with Gasteiger partial charge in [-0.2, -0.15) is 4.98 Å². The van der Waals surface area contributed by atoms with Crippen LogP contribution in [0.2, 0.25) is 0 Å². The molecule has 1 atom stereocenters. The van der Waals surface area contributed by atoms with Crippen molar-refractivity contribution in [3.05, 3.63) is 24.2 Å². The third kappa shape index (κ3) is 3.29. The molecule has 1 N–H and O–H groups in total. The molecule has 0 saturated carbocycles. The zero-order chi connectivity index (χ0) is 16.2. The number of rotatable bonds is 5. The van der Waals surface area contributed by atoms with Crippen LogP contribution < -0.4 is 5.32 Å². The van der Waals surface area contributed by atoms with Crippen LogP contribution in [0.4, 0.5) is 5.82 Å². The van der Waals surface area contributed by atoms with Crippen LogP contribution in [0.1, 0.15) is 36.7 Å². The molecule has 1 saturated heterocycles. The zero-order valence-corrected chi connectivity index (χ0v) is 13.7. The van der Waals surface area contributed by atoms with Crippen LogP contribution in [0.25, 0.3) is 5.78 Å². The number of fused-ring (bicyclic) bond motifs is 1. The van der Waals surface area contributed by atoms with Gasteiger partial charge in [0.25, 0.3) is 0 Å². The van der Waals surface area contributed by atoms with E-state index < -0.39 is 5.97 Å². The average molecular weight is 317 g/mol. The second-order valence-electron chi connectivity index (χ2n) is 5.78. The molecule has 1 fully saturated rings. The average Bonchev–Trinajstić information content (AvgIpc) is 3.02. The molecule has 3 heterocycles. The molecular weight excluding hydrogens is 294 g/mol. The van der Waals surface area contributed by atoms with Crippen LogP contribution in [-0.4, -0.2) is 58.0 Å². The number of likely N-dealkylation sites (tertiary alicyclic amines) is 1. The number of esters is 1. The molecule has 7 heteroatoms. The van der Waals surface area contributed by atoms with E-state index in [1.54, 1.807) is 10.6 Å². The Kier molecular flexibility index (Phi) is 4.76. The molecule has 0 bridgehead atoms. The maximum absolute atomic E-state index is 11.6. The van der Waals surface area contributed by atoms with Crippen molar-refractivity contribution in [3.63, 3.8) is 0 Å². The highest BCUT2D eigenvalue weighted by Crippen LogP contribution is 2.17. The van der Waals surface area contributed by atoms with E-state index in [9.17, 15) is 4.79 Å². The van der Waals surface area contributed by atoms with Crippen LogP contribution in [-0.2, 0) is 4.74 Å². The number of nitrogens with one attached hydrogen (secondary N) is 1. The lowest BCUT2D eigenvalue weighted by Crippen LogP contribution is -2.43. The summed E-state index contributed by atoms with van der Waals surface area (Å²) in [5.74, 6) is 0.855. The monoisotopic (exact) mass is 317 g/mol. The first-order valence-electron chi connectivity index (χ1n) is 8.13. The summed E-state index contributed by atoms with van der Waals surface area (Å²) in [6, 6.07) is 2.41. The van der Waals surface area contributed by atoms with Crippen molar-refractivity contribution >= 4 is 17.6 Å². The van der Waals surface area contributed by atoms with E-state index in [4.69, 9.17) is 4.74 Å². The number of carbonyl (C=O) groups is 1. The Morgan fingerprint density at radius 2 is 2.35 bits per heavy atom. The van der Waals surface area contributed by atoms with Gasteiger partial charge in [0.1, 0.15) is 5.82 Å². The molecule has 23 heavy (non-hydrogen) atoms. The fourth-order valence-corrected chi connectivity index (χ4v) is 3.15. The minimum absolute atomic E-state index is 0.381. The third-order valence-corrected chi connectivity index (χ3v) is 4.45. The van der Waals surface area contributed by atoms with E-state index in [1.165, 1.54) is 39.1 Å². The van der Waals surface area contributed by atoms with Crippen LogP contribution >= 0.6 is 0 Å². The first-order chi connectivity index (χ1) is 11.2. The van der Waals surface area contributed by atoms with Crippen molar-refractivity contribution in [2.75, 3.05) is 32.1 Å². The highest BCUT2D eigenvalue weighted by Gasteiger charge is 2.20. The highest BCUT2D eigenvalue weighted by atomic mass is 16.5. The van der Waals surface area contributed by atoms with Crippen molar-refractivity contribution < 1.29 is 9.53 Å². The zero-order valence-electron chi connectivity index (χ0n) is 13.7. The number of likely N-dealkylation sites (N-methyl/N-ethyl adjacent to an activating group) is 1. The number of hydrogen-bond acceptors (Lipinski definition) is 6. The molecule has 1 aliphatic rings. The van der Waals surface area contributed by atoms with Gasteiger partial charge in [-0.3, -0.25) is 9.30 Å². The molecule has 124 valence electrons. The Morgan fingerprint density at radius 1 is 1.48 bits per heavy atom. The molecule has 0 aliphatic carbocycles. The van der Waals surface area contributed by atoms with Crippen LogP contribution in [0.5, 0.6) is 0 Å². The summed E-state index contributed by atoms with van der Waals surface area (Å²) in [4.78, 5) is 22.8. The Balaban J connectivity index is 1.70. The second-order valence-corrected chi connectivity index (χ2v) is 5.78. The van der Waals surface area contributed by atoms with Gasteiger partial charge < -0.3 is 10.1 Å². The summed E-state index contributed by atoms with van der Waals surface area (Å²) in [6.45, 7) is 5.35. The van der Waals surface area contributed by atoms with Gasteiger partial charge in [0.05, 0.1) is 13.3 Å². The number of piperidine rings is 1. The molecule has 0 amide bonds. The second kappa shape index (κ2) is 6.95. The van der Waals surface area contributed by atoms with Crippen LogP contribution in [0.15, 0.2) is 18.5 Å². The molecule has 7 nitrogen and oxygen atoms in total. The molecule has 1 unspecified atom stereocenters. The van der Waals surface area contributed by atoms with Crippen molar-refractivity contribution in [1.82, 2.24) is 19.3 Å². The van der Waals surface area contributed by atoms with Gasteiger partial charge in [0.15, 0.2) is 5.69 Å². The number of anilines is 1. The van der Waals surface area contributed by atoms with Crippen molar-refractivity contribution in [2.24, 2.45) is 0 Å². The van der Waals surface area contributed by atoms with Gasteiger partial charge in [0.2, 0.25) is 5.78 Å². The summed E-state index contributed by atoms with van der Waals surface area (Å²) in [5, 5.41) is 3.40. The number of imidazole rings is 1. The fraction of sp³-hybridized carbons (Fsp3) is 0.562. The van der Waals surface area contributed by atoms with Crippen molar-refractivity contribution in [1.29, 1.82) is 0 Å². The molecule has 2 aromatic rings. The maximum atomic E-state index is 11.6. The lowest BCUT2D eigenvalue weighted by Gasteiger charge is -2.35. The lowest BCUT2D eigenvalue weighted by molar-refractivity contribution is 0.0593. The van der Waals surface area contributed by atoms with Crippen molar-refractivity contribution in [3.8, 4) is 0 Å². The number of methoxy groups -OCH3 is 1. The summed E-state index contributed by atoms with van der Waals surface area (Å²) in [5.41, 5.74) is 0.381. The first-order valence-corrected chi connectivity index (χ1v) is 8.13. The van der Waals surface area contributed by atoms with Gasteiger partial charge in [-0.15, -0.1) is 0 Å². The largest absolute Gasteiger partial charge is 0.464 e. The summed E-state index contributed by atoms with van der Waals surface area (Å²) in [7, 11) is 1.36. The Morgan fingerprint density at radius 3 is 3.13 bits per heavy atom. The molecule has 0 spiro atoms. The Bertz CT molecular complexity index is 684. The quantitative estimate of drug-likeness (QED) is 0.848. The third-order valence-electron chi connectivity index (χ3n) is 4.45. The Hall–Kier alpha value is -2.15. The van der Waals surface area contributed by atoms with Crippen LogP contribution in [0.3, 0.4) is 0 Å². The van der Waals surface area contributed by atoms with Gasteiger partial charge in [0, 0.05) is 18.8 Å². The highest BCUT2D eigenvalue weighted by molar-refractivity contribution is 5.88. The van der Waals surface area contributed by atoms with E-state index in [2.05, 4.69) is 27.1 Å². The van der Waals surface area contributed by atoms with Crippen LogP contribution in [0, 0.1) is 0 Å². The summed E-state index contributed by atoms with van der Waals surface area (Å²) >= 11 is 0. The standard InChI is InChI=1S/C16H23N5O2/c1-3-20-8-5-4-6-12(20)10-17-14-7-9-21-13(15(22)23-2)11-18-16(21)19-14/h7,9,11-12H,3-6,8,10H2,1-2H3,(H,17,18,19). The van der Waals surface area contributed by atoms with E-state index in [1.807, 2.05) is 6.07 Å². The minimum Gasteiger partial charge on any atom is -0.464 e.